The Labute approximate surface area is 424 Å². The van der Waals surface area contributed by atoms with Crippen molar-refractivity contribution in [2.24, 2.45) is 0 Å². The maximum Gasteiger partial charge on any atom is 0.151 e. The van der Waals surface area contributed by atoms with E-state index >= 15 is 0 Å². The second-order valence-electron chi connectivity index (χ2n) is 18.6. The van der Waals surface area contributed by atoms with E-state index in [2.05, 4.69) is 169 Å². The zero-order chi connectivity index (χ0) is 49.4. The van der Waals surface area contributed by atoms with Gasteiger partial charge in [-0.15, -0.1) is 47.0 Å². The van der Waals surface area contributed by atoms with Crippen LogP contribution in [0.1, 0.15) is 16.7 Å². The van der Waals surface area contributed by atoms with Crippen molar-refractivity contribution in [3.63, 3.8) is 0 Å². The van der Waals surface area contributed by atoms with Crippen LogP contribution >= 0.6 is 11.3 Å². The molecule has 0 unspecified atom stereocenters. The molecule has 3 aromatic heterocycles. The van der Waals surface area contributed by atoms with Crippen molar-refractivity contribution in [3.05, 3.63) is 193 Å². The highest BCUT2D eigenvalue weighted by molar-refractivity contribution is 7.25. The van der Waals surface area contributed by atoms with Crippen LogP contribution in [0.15, 0.2) is 185 Å². The van der Waals surface area contributed by atoms with E-state index in [1.165, 1.54) is 42.1 Å². The molecule has 0 spiro atoms. The van der Waals surface area contributed by atoms with Crippen molar-refractivity contribution in [1.29, 1.82) is 0 Å². The van der Waals surface area contributed by atoms with Gasteiger partial charge in [0.25, 0.3) is 0 Å². The van der Waals surface area contributed by atoms with Gasteiger partial charge in [0.1, 0.15) is 69.4 Å². The Morgan fingerprint density at radius 2 is 0.743 bits per heavy atom. The number of fused-ring (bicyclic) bond motifs is 9. The molecular formula is C57H48B9NO2S. The number of nitrogens with zero attached hydrogens (tertiary/aromatic N) is 1. The second-order valence-corrected chi connectivity index (χ2v) is 19.7. The molecule has 6 aromatic carbocycles. The van der Waals surface area contributed by atoms with E-state index in [9.17, 15) is 0 Å². The lowest BCUT2D eigenvalue weighted by atomic mass is 9.68. The molecule has 0 N–H and O–H groups in total. The number of para-hydroxylation sites is 2. The third-order valence-electron chi connectivity index (χ3n) is 14.2. The lowest BCUT2D eigenvalue weighted by Crippen LogP contribution is -2.32. The highest BCUT2D eigenvalue weighted by atomic mass is 32.1. The number of thiophene rings is 1. The van der Waals surface area contributed by atoms with Gasteiger partial charge >= 0.3 is 0 Å². The fourth-order valence-corrected chi connectivity index (χ4v) is 11.5. The van der Waals surface area contributed by atoms with Gasteiger partial charge in [0.2, 0.25) is 0 Å². The molecular weight excluding hydrogens is 860 g/mol. The Bertz CT molecular complexity index is 3560. The summed E-state index contributed by atoms with van der Waals surface area (Å²) in [5.41, 5.74) is 19.6. The first-order valence-corrected chi connectivity index (χ1v) is 24.6. The minimum absolute atomic E-state index is 0.664. The van der Waals surface area contributed by atoms with Crippen molar-refractivity contribution in [2.45, 2.75) is 0 Å². The van der Waals surface area contributed by atoms with Crippen LogP contribution in [0.4, 0.5) is 0 Å². The van der Waals surface area contributed by atoms with Gasteiger partial charge in [-0.2, -0.15) is 0 Å². The zero-order valence-corrected chi connectivity index (χ0v) is 42.5. The molecule has 0 saturated heterocycles. The monoisotopic (exact) mass is 909 g/mol. The van der Waals surface area contributed by atoms with Crippen LogP contribution in [0.3, 0.4) is 0 Å². The average Bonchev–Trinajstić information content (AvgIpc) is 4.08. The van der Waals surface area contributed by atoms with Crippen molar-refractivity contribution in [3.8, 4) is 37.0 Å². The lowest BCUT2D eigenvalue weighted by Gasteiger charge is -2.29. The van der Waals surface area contributed by atoms with Gasteiger partial charge in [0, 0.05) is 61.4 Å². The largest absolute Gasteiger partial charge is 0.456 e. The molecule has 70 heavy (non-hydrogen) atoms. The molecule has 0 aliphatic heterocycles. The van der Waals surface area contributed by atoms with Gasteiger partial charge < -0.3 is 8.83 Å². The summed E-state index contributed by atoms with van der Waals surface area (Å²) in [7, 11) is 19.6. The predicted octanol–water partition coefficient (Wildman–Crippen LogP) is 4.92. The van der Waals surface area contributed by atoms with Crippen molar-refractivity contribution < 1.29 is 8.83 Å². The van der Waals surface area contributed by atoms with E-state index in [-0.39, 0.29) is 0 Å². The maximum atomic E-state index is 6.38. The van der Waals surface area contributed by atoms with E-state index in [0.29, 0.717) is 19.6 Å². The number of hydrogen-bond donors (Lipinski definition) is 0. The standard InChI is InChI=1S/C57H48B9NO2S/c1-4-37(58)52(34-19-13-24-45-49(34)31-16-7-10-22-43(31)68-45)55(64)40(61)28-67(29-41(62)56(65)53(38(59)5-2)35-20-14-25-46-50(35)32-17-8-11-23-44(32)69-46)30-42(63)57(66)54(39(60)6-3)36-21-15-27-48-51(36)33-18-9-12-26-47(33)70-48/h1-3,7-27H,28-30,58-66H2/b52-37+,53-38+,54-39+,55-40-,56-41-,57-42-. The van der Waals surface area contributed by atoms with Crippen molar-refractivity contribution in [1.82, 2.24) is 4.90 Å². The van der Waals surface area contributed by atoms with Crippen LogP contribution in [-0.4, -0.2) is 95.2 Å². The molecule has 0 aliphatic carbocycles. The molecule has 0 radical (unpaired) electrons. The Kier molecular flexibility index (Phi) is 13.7. The van der Waals surface area contributed by atoms with Gasteiger partial charge in [0.05, 0.1) is 0 Å². The first-order chi connectivity index (χ1) is 33.8. The molecule has 3 nitrogen and oxygen atoms in total. The zero-order valence-electron chi connectivity index (χ0n) is 41.6. The highest BCUT2D eigenvalue weighted by Crippen LogP contribution is 2.42. The summed E-state index contributed by atoms with van der Waals surface area (Å²) in [6, 6.07) is 44.3. The first-order valence-electron chi connectivity index (χ1n) is 23.8. The summed E-state index contributed by atoms with van der Waals surface area (Å²) in [4.78, 5) is 2.55. The number of furan rings is 2. The van der Waals surface area contributed by atoms with Crippen LogP contribution in [0.2, 0.25) is 0 Å². The summed E-state index contributed by atoms with van der Waals surface area (Å²) >= 11 is 1.82. The summed E-state index contributed by atoms with van der Waals surface area (Å²) in [6.45, 7) is 2.00. The third-order valence-corrected chi connectivity index (χ3v) is 15.4. The minimum Gasteiger partial charge on any atom is -0.456 e. The van der Waals surface area contributed by atoms with Gasteiger partial charge in [-0.1, -0.05) is 125 Å². The quantitative estimate of drug-likeness (QED) is 0.0992. The molecule has 0 amide bonds. The molecule has 3 heterocycles. The molecule has 13 heteroatoms. The highest BCUT2D eigenvalue weighted by Gasteiger charge is 2.23. The Balaban J connectivity index is 1.19. The third kappa shape index (κ3) is 8.73. The second kappa shape index (κ2) is 20.0. The molecule has 9 aromatic rings. The summed E-state index contributed by atoms with van der Waals surface area (Å²) < 4.78 is 15.3. The van der Waals surface area contributed by atoms with Gasteiger partial charge in [-0.25, -0.2) is 0 Å². The number of hydrogen-bond acceptors (Lipinski definition) is 4. The maximum absolute atomic E-state index is 6.38. The minimum atomic E-state index is 0.664. The average molecular weight is 908 g/mol. The molecule has 0 saturated carbocycles. The van der Waals surface area contributed by atoms with E-state index in [1.807, 2.05) is 63.4 Å². The van der Waals surface area contributed by atoms with Gasteiger partial charge in [-0.05, 0) is 86.2 Å². The molecule has 0 fully saturated rings. The van der Waals surface area contributed by atoms with Crippen molar-refractivity contribution >= 4 is 163 Å². The van der Waals surface area contributed by atoms with E-state index in [4.69, 9.17) is 28.1 Å². The van der Waals surface area contributed by atoms with Crippen LogP contribution in [0.25, 0.3) is 80.8 Å². The fraction of sp³-hybridized carbons (Fsp3) is 0.0526. The Hall–Kier alpha value is -7.20. The van der Waals surface area contributed by atoms with E-state index in [0.717, 1.165) is 105 Å². The summed E-state index contributed by atoms with van der Waals surface area (Å²) in [6.07, 6.45) is 18.9. The van der Waals surface area contributed by atoms with E-state index in [1.54, 1.807) is 0 Å². The van der Waals surface area contributed by atoms with Crippen LogP contribution in [-0.2, 0) is 0 Å². The normalized spacial score (nSPS) is 14.1. The number of allylic oxidation sites excluding steroid dienone is 9. The number of terminal acetylenes is 3. The molecule has 9 rings (SSSR count). The smallest absolute Gasteiger partial charge is 0.151 e. The van der Waals surface area contributed by atoms with Gasteiger partial charge in [-0.3, -0.25) is 4.90 Å². The SMILES string of the molecule is B/C(CN(C/C(B)=C(B)\C(=C(\B)C#C)c1cccc2oc3ccccc3c12)C/C(B)=C(B)\C(=C(\B)C#C)c1cccc2sc3ccccc3c12)=C(B)/C(=C(/B)C#C)c1cccc2oc3ccccc3c12. The molecule has 0 aliphatic rings. The lowest BCUT2D eigenvalue weighted by molar-refractivity contribution is 0.363. The molecule has 326 valence electrons. The topological polar surface area (TPSA) is 29.5 Å². The van der Waals surface area contributed by atoms with Crippen LogP contribution < -0.4 is 0 Å². The number of rotatable bonds is 12. The predicted molar refractivity (Wildman–Crippen MR) is 328 cm³/mol. The summed E-state index contributed by atoms with van der Waals surface area (Å²) in [5.74, 6) is 9.09. The van der Waals surface area contributed by atoms with Crippen molar-refractivity contribution in [2.75, 3.05) is 19.6 Å². The first kappa shape index (κ1) is 47.9. The fourth-order valence-electron chi connectivity index (χ4n) is 10.4. The van der Waals surface area contributed by atoms with Gasteiger partial charge in [0.15, 0.2) is 23.5 Å². The molecule has 0 bridgehead atoms. The van der Waals surface area contributed by atoms with Crippen LogP contribution in [0, 0.1) is 37.0 Å². The van der Waals surface area contributed by atoms with Crippen LogP contribution in [0.5, 0.6) is 0 Å². The Morgan fingerprint density at radius 3 is 1.17 bits per heavy atom. The number of benzene rings is 6. The van der Waals surface area contributed by atoms with E-state index < -0.39 is 0 Å². The molecule has 0 atom stereocenters. The summed E-state index contributed by atoms with van der Waals surface area (Å²) in [5, 5.41) is 6.75. The Morgan fingerprint density at radius 1 is 0.400 bits per heavy atom.